The molecule has 658 valence electrons. The summed E-state index contributed by atoms with van der Waals surface area (Å²) in [6.45, 7) is 27.9. The van der Waals surface area contributed by atoms with Crippen LogP contribution in [0.25, 0.3) is 50.5 Å². The number of pyridine rings is 7. The zero-order chi connectivity index (χ0) is 93.1. The number of carbonyl (C=O) groups is 3. The largest absolute Gasteiger partial charge is 0.465 e. The molecule has 0 bridgehead atoms. The minimum atomic E-state index is -0.978. The Labute approximate surface area is 771 Å². The molecule has 3 atom stereocenters. The maximum Gasteiger partial charge on any atom is 0.341 e. The van der Waals surface area contributed by atoms with Gasteiger partial charge in [0.25, 0.3) is 5.91 Å². The molecule has 0 fully saturated rings. The Balaban J connectivity index is 0.000000236. The number of allylic oxidation sites excluding steroid dienone is 4. The van der Waals surface area contributed by atoms with Gasteiger partial charge in [0.2, 0.25) is 0 Å². The van der Waals surface area contributed by atoms with Crippen molar-refractivity contribution in [3.05, 3.63) is 315 Å². The average molecular weight is 1910 g/mol. The Morgan fingerprint density at radius 2 is 0.864 bits per heavy atom. The van der Waals surface area contributed by atoms with Gasteiger partial charge in [0.15, 0.2) is 0 Å². The number of hydrogen-bond donors (Lipinski definition) is 8. The van der Waals surface area contributed by atoms with E-state index in [1.807, 2.05) is 20.8 Å². The van der Waals surface area contributed by atoms with E-state index in [0.29, 0.717) is 127 Å². The van der Waals surface area contributed by atoms with Gasteiger partial charge in [0, 0.05) is 156 Å². The third-order valence-electron chi connectivity index (χ3n) is 17.2. The highest BCUT2D eigenvalue weighted by molar-refractivity contribution is 6.37. The lowest BCUT2D eigenvalue weighted by molar-refractivity contribution is 0.0384. The fraction of sp³-hybridized carbons (Fsp3) is 0.211. The van der Waals surface area contributed by atoms with E-state index in [1.54, 1.807) is 109 Å². The van der Waals surface area contributed by atoms with Crippen LogP contribution in [0.4, 0.5) is 40.3 Å². The molecule has 35 heteroatoms. The number of aliphatic hydroxyl groups is 4. The topological polar surface area (TPSA) is 315 Å². The number of rotatable bonds is 19. The van der Waals surface area contributed by atoms with Gasteiger partial charge in [0.05, 0.1) is 105 Å². The first-order valence-electron chi connectivity index (χ1n) is 37.1. The van der Waals surface area contributed by atoms with Crippen LogP contribution in [-0.2, 0) is 15.1 Å². The van der Waals surface area contributed by atoms with Gasteiger partial charge in [-0.1, -0.05) is 136 Å². The Morgan fingerprint density at radius 1 is 0.488 bits per heavy atom. The van der Waals surface area contributed by atoms with Crippen molar-refractivity contribution < 1.29 is 61.8 Å². The number of dihydropyridines is 1. The number of halogens is 14. The molecule has 4 aromatic carbocycles. The number of esters is 2. The molecule has 0 radical (unpaired) electrons. The zero-order valence-corrected chi connectivity index (χ0v) is 76.6. The van der Waals surface area contributed by atoms with Crippen LogP contribution in [0.2, 0.25) is 45.5 Å². The first kappa shape index (κ1) is 104. The summed E-state index contributed by atoms with van der Waals surface area (Å²) in [5, 5.41) is 50.2. The van der Waals surface area contributed by atoms with Gasteiger partial charge < -0.3 is 51.6 Å². The van der Waals surface area contributed by atoms with Crippen molar-refractivity contribution in [2.24, 2.45) is 16.6 Å². The smallest absolute Gasteiger partial charge is 0.341 e. The fourth-order valence-electron chi connectivity index (χ4n) is 10.6. The van der Waals surface area contributed by atoms with Crippen molar-refractivity contribution in [2.45, 2.75) is 85.7 Å². The molecule has 1 amide bonds. The minimum absolute atomic E-state index is 0.109. The van der Waals surface area contributed by atoms with Crippen molar-refractivity contribution in [2.75, 3.05) is 44.5 Å². The van der Waals surface area contributed by atoms with Gasteiger partial charge >= 0.3 is 11.9 Å². The fourth-order valence-corrected chi connectivity index (χ4v) is 13.1. The highest BCUT2D eigenvalue weighted by Gasteiger charge is 2.32. The monoisotopic (exact) mass is 1900 g/mol. The van der Waals surface area contributed by atoms with E-state index in [9.17, 15) is 47.3 Å². The van der Waals surface area contributed by atoms with Gasteiger partial charge in [-0.05, 0) is 200 Å². The number of amides is 1. The summed E-state index contributed by atoms with van der Waals surface area (Å²) in [5.41, 5.74) is 13.8. The van der Waals surface area contributed by atoms with Crippen LogP contribution in [0, 0.1) is 29.2 Å². The van der Waals surface area contributed by atoms with E-state index in [4.69, 9.17) is 132 Å². The number of aliphatic imine (C=N–C) groups is 1. The number of nitrogens with one attached hydrogen (secondary N) is 3. The molecule has 0 saturated heterocycles. The number of nitrogens with two attached hydrogens (primary N) is 1. The molecule has 0 saturated carbocycles. The Kier molecular flexibility index (Phi) is 40.4. The molecule has 11 aromatic rings. The van der Waals surface area contributed by atoms with Gasteiger partial charge in [-0.25, -0.2) is 37.1 Å². The molecule has 1 aliphatic heterocycles. The van der Waals surface area contributed by atoms with Crippen molar-refractivity contribution in [1.82, 2.24) is 40.2 Å². The van der Waals surface area contributed by atoms with Gasteiger partial charge in [-0.15, -0.1) is 0 Å². The number of benzene rings is 4. The third kappa shape index (κ3) is 31.5. The second kappa shape index (κ2) is 48.6. The third-order valence-corrected chi connectivity index (χ3v) is 19.9. The number of hydrogen-bond acceptors (Lipinski definition) is 20. The molecule has 12 rings (SSSR count). The minimum Gasteiger partial charge on any atom is -0.465 e. The van der Waals surface area contributed by atoms with Crippen molar-refractivity contribution >= 4 is 179 Å². The Morgan fingerprint density at radius 3 is 1.25 bits per heavy atom. The molecular formula is C90H86Cl10F4N12O9. The maximum atomic E-state index is 14.4. The van der Waals surface area contributed by atoms with Crippen LogP contribution in [0.3, 0.4) is 0 Å². The van der Waals surface area contributed by atoms with Crippen molar-refractivity contribution in [3.8, 4) is 33.8 Å². The highest BCUT2D eigenvalue weighted by atomic mass is 35.5. The SMILES string of the molecule is C=C(C)c1cnc(-c2cc(Cl)ccc2F)cc1Cl.C=C(C)c1cnc(-c2cc(Cl)ccc2F)cc1Nc1ccncc1C(=O)NC[C@H](C)O.C=C(C)c1cnc(-c2cc(Cl)ccc2F)cc1Nc1ccncc1C(=O)OC.CC(C)(O)C1CN=C(c2cc(Cl)ccc2F)C=C1Cl.CC(C)(O)c1cnc(Cl)cc1Cl.COC(=O)c1cnc(Cl)cc1Cl.C[C@H](O)CN. The highest BCUT2D eigenvalue weighted by Crippen LogP contribution is 2.38. The lowest BCUT2D eigenvalue weighted by Gasteiger charge is -2.30. The van der Waals surface area contributed by atoms with Gasteiger partial charge in [-0.3, -0.25) is 34.7 Å². The van der Waals surface area contributed by atoms with Crippen molar-refractivity contribution in [3.63, 3.8) is 0 Å². The van der Waals surface area contributed by atoms with Crippen LogP contribution >= 0.6 is 116 Å². The molecule has 7 aromatic heterocycles. The normalized spacial score (nSPS) is 12.4. The molecule has 21 nitrogen and oxygen atoms in total. The second-order valence-electron chi connectivity index (χ2n) is 28.3. The number of aromatic nitrogens is 7. The van der Waals surface area contributed by atoms with Crippen LogP contribution in [-0.4, -0.2) is 131 Å². The molecule has 125 heavy (non-hydrogen) atoms. The average Bonchev–Trinajstić information content (AvgIpc) is 0.808. The number of aliphatic hydroxyl groups excluding tert-OH is 2. The predicted octanol–water partition coefficient (Wildman–Crippen LogP) is 23.5. The van der Waals surface area contributed by atoms with Crippen LogP contribution in [0.5, 0.6) is 0 Å². The lowest BCUT2D eigenvalue weighted by atomic mass is 9.88. The first-order chi connectivity index (χ1) is 58.8. The van der Waals surface area contributed by atoms with Gasteiger partial charge in [-0.2, -0.15) is 0 Å². The summed E-state index contributed by atoms with van der Waals surface area (Å²) < 4.78 is 65.3. The molecule has 0 aliphatic carbocycles. The summed E-state index contributed by atoms with van der Waals surface area (Å²) >= 11 is 58.6. The van der Waals surface area contributed by atoms with E-state index in [1.165, 1.54) is 124 Å². The lowest BCUT2D eigenvalue weighted by Crippen LogP contribution is -2.35. The van der Waals surface area contributed by atoms with E-state index < -0.39 is 46.7 Å². The van der Waals surface area contributed by atoms with E-state index in [-0.39, 0.29) is 62.7 Å². The quantitative estimate of drug-likeness (QED) is 0.0212. The Bertz CT molecular complexity index is 5780. The summed E-state index contributed by atoms with van der Waals surface area (Å²) in [6.07, 6.45) is 14.0. The van der Waals surface area contributed by atoms with Crippen LogP contribution in [0.1, 0.15) is 121 Å². The van der Waals surface area contributed by atoms with Gasteiger partial charge in [0.1, 0.15) is 39.1 Å². The van der Waals surface area contributed by atoms with Crippen molar-refractivity contribution in [1.29, 1.82) is 0 Å². The number of ether oxygens (including phenoxy) is 2. The standard InChI is InChI=1S/C23H22ClFN4O2.C21H17ClFN3O2.C14H14Cl2FNO.C14H10Cl2FN.C8H9Cl2NO.C7H5Cl2NO2.C3H9NO/c1-13(2)17-12-27-21(16-8-15(24)4-5-19(16)25)9-22(17)29-20-6-7-26-11-18(20)23(31)28-10-14(3)30;1-12(2)15-11-25-19(14-8-13(22)4-5-17(14)23)9-20(15)26-18-6-7-24-10-16(18)21(27)28-3;1-14(2,19)10-7-18-13(6-11(10)16)9-5-8(15)3-4-12(9)17;1-8(2)11-7-18-14(6-12(11)16)10-5-9(15)3-4-13(10)17;1-8(2,12)5-4-11-7(10)3-6(5)9;1-12-7(11)4-3-10-6(9)2-5(4)8;1-3(5)2-4/h4-9,11-12,14,30H,1,10H2,2-3H3,(H,28,31)(H,26,27,29);4-11H,1H2,2-3H3,(H,24,25,26);3-6,10,19H,7H2,1-2H3;3-7H,1H2,2H3;3-4,12H,1-2H3;2-3H,1H3;3,5H,2,4H2,1H3/t14-;;;;;;3-/m0.....0/s1. The number of nitrogens with zero attached hydrogens (tertiary/aromatic N) is 8. The summed E-state index contributed by atoms with van der Waals surface area (Å²) in [6, 6.07) is 28.3. The van der Waals surface area contributed by atoms with E-state index in [0.717, 1.165) is 27.8 Å². The first-order valence-corrected chi connectivity index (χ1v) is 40.9. The number of methoxy groups -OCH3 is 2. The summed E-state index contributed by atoms with van der Waals surface area (Å²) in [4.78, 5) is 68.2. The number of carbonyl (C=O) groups excluding carboxylic acids is 3. The molecule has 1 aliphatic rings. The molecule has 8 heterocycles. The second-order valence-corrected chi connectivity index (χ2v) is 32.5. The summed E-state index contributed by atoms with van der Waals surface area (Å²) in [7, 11) is 2.57. The molecule has 0 spiro atoms. The predicted molar refractivity (Wildman–Crippen MR) is 496 cm³/mol. The van der Waals surface area contributed by atoms with Crippen LogP contribution in [0.15, 0.2) is 207 Å². The maximum absolute atomic E-state index is 14.4. The number of anilines is 4. The molecular weight excluding hydrogens is 1820 g/mol. The summed E-state index contributed by atoms with van der Waals surface area (Å²) in [5.74, 6) is -3.38. The molecule has 9 N–H and O–H groups in total. The molecule has 1 unspecified atom stereocenters. The van der Waals surface area contributed by atoms with E-state index in [2.05, 4.69) is 80.3 Å². The zero-order valence-electron chi connectivity index (χ0n) is 69.0. The van der Waals surface area contributed by atoms with E-state index >= 15 is 0 Å². The Hall–Kier alpha value is -10.0. The van der Waals surface area contributed by atoms with Crippen LogP contribution < -0.4 is 21.7 Å².